The predicted octanol–water partition coefficient (Wildman–Crippen LogP) is 2.52. The predicted molar refractivity (Wildman–Crippen MR) is 73.2 cm³/mol. The van der Waals surface area contributed by atoms with Gasteiger partial charge < -0.3 is 5.32 Å². The van der Waals surface area contributed by atoms with Crippen molar-refractivity contribution < 1.29 is 4.79 Å². The Kier molecular flexibility index (Phi) is 3.87. The number of urea groups is 1. The minimum atomic E-state index is -0.110. The second kappa shape index (κ2) is 5.40. The summed E-state index contributed by atoms with van der Waals surface area (Å²) >= 11 is 5.96. The molecule has 1 aromatic carbocycles. The molecule has 0 saturated carbocycles. The Hall–Kier alpha value is -1.55. The number of aliphatic imine (C=N–C) groups is 1. The van der Waals surface area contributed by atoms with Crippen LogP contribution >= 0.6 is 11.6 Å². The quantitative estimate of drug-likeness (QED) is 0.877. The van der Waals surface area contributed by atoms with Crippen molar-refractivity contribution in [3.05, 3.63) is 34.9 Å². The number of carbonyl (C=O) groups excluding carboxylic acids is 1. The Balaban J connectivity index is 2.20. The summed E-state index contributed by atoms with van der Waals surface area (Å²) in [5.41, 5.74) is 0.874. The summed E-state index contributed by atoms with van der Waals surface area (Å²) in [4.78, 5) is 18.1. The van der Waals surface area contributed by atoms with E-state index in [4.69, 9.17) is 11.6 Å². The van der Waals surface area contributed by atoms with Gasteiger partial charge in [-0.05, 0) is 26.0 Å². The number of carbonyl (C=O) groups is 1. The number of amidine groups is 1. The minimum absolute atomic E-state index is 0.110. The topological polar surface area (TPSA) is 44.7 Å². The van der Waals surface area contributed by atoms with Gasteiger partial charge in [-0.1, -0.05) is 23.7 Å². The third kappa shape index (κ3) is 2.82. The van der Waals surface area contributed by atoms with E-state index in [1.54, 1.807) is 11.0 Å². The van der Waals surface area contributed by atoms with Crippen LogP contribution in [0.4, 0.5) is 4.79 Å². The second-order valence-electron chi connectivity index (χ2n) is 4.47. The summed E-state index contributed by atoms with van der Waals surface area (Å²) in [6.07, 6.45) is 0. The fraction of sp³-hybridized carbons (Fsp3) is 0.385. The maximum absolute atomic E-state index is 12.0. The summed E-state index contributed by atoms with van der Waals surface area (Å²) in [6, 6.07) is 7.39. The molecule has 0 bridgehead atoms. The highest BCUT2D eigenvalue weighted by Gasteiger charge is 2.25. The third-order valence-corrected chi connectivity index (χ3v) is 2.82. The Labute approximate surface area is 112 Å². The lowest BCUT2D eigenvalue weighted by Crippen LogP contribution is -2.44. The van der Waals surface area contributed by atoms with Gasteiger partial charge in [-0.15, -0.1) is 0 Å². The number of hydrogen-bond acceptors (Lipinski definition) is 2. The number of benzene rings is 1. The molecule has 1 aliphatic rings. The SMILES string of the molecule is CC(C)NC(=O)N1CCN=C1c1cccc(Cl)c1. The Morgan fingerprint density at radius 2 is 2.28 bits per heavy atom. The van der Waals surface area contributed by atoms with E-state index >= 15 is 0 Å². The van der Waals surface area contributed by atoms with Gasteiger partial charge in [-0.3, -0.25) is 9.89 Å². The molecule has 1 heterocycles. The summed E-state index contributed by atoms with van der Waals surface area (Å²) in [6.45, 7) is 5.11. The normalized spacial score (nSPS) is 14.9. The fourth-order valence-electron chi connectivity index (χ4n) is 1.84. The van der Waals surface area contributed by atoms with Crippen LogP contribution in [0.15, 0.2) is 29.3 Å². The monoisotopic (exact) mass is 265 g/mol. The smallest absolute Gasteiger partial charge is 0.323 e. The molecule has 2 amide bonds. The lowest BCUT2D eigenvalue weighted by atomic mass is 10.2. The molecule has 0 radical (unpaired) electrons. The van der Waals surface area contributed by atoms with E-state index in [2.05, 4.69) is 10.3 Å². The average molecular weight is 266 g/mol. The molecule has 5 heteroatoms. The van der Waals surface area contributed by atoms with Crippen molar-refractivity contribution in [2.24, 2.45) is 4.99 Å². The molecule has 4 nitrogen and oxygen atoms in total. The molecule has 2 rings (SSSR count). The van der Waals surface area contributed by atoms with Gasteiger partial charge in [0.2, 0.25) is 0 Å². The van der Waals surface area contributed by atoms with E-state index in [9.17, 15) is 4.79 Å². The van der Waals surface area contributed by atoms with E-state index in [-0.39, 0.29) is 12.1 Å². The van der Waals surface area contributed by atoms with Gasteiger partial charge in [0, 0.05) is 23.2 Å². The van der Waals surface area contributed by atoms with E-state index in [0.717, 1.165) is 5.56 Å². The molecule has 0 atom stereocenters. The largest absolute Gasteiger partial charge is 0.335 e. The average Bonchev–Trinajstić information content (AvgIpc) is 2.76. The molecule has 1 aromatic rings. The van der Waals surface area contributed by atoms with Gasteiger partial charge in [0.1, 0.15) is 5.84 Å². The van der Waals surface area contributed by atoms with Gasteiger partial charge in [0.15, 0.2) is 0 Å². The lowest BCUT2D eigenvalue weighted by molar-refractivity contribution is 0.221. The lowest BCUT2D eigenvalue weighted by Gasteiger charge is -2.20. The van der Waals surface area contributed by atoms with Crippen LogP contribution < -0.4 is 5.32 Å². The van der Waals surface area contributed by atoms with Crippen LogP contribution in [0.1, 0.15) is 19.4 Å². The van der Waals surface area contributed by atoms with Crippen molar-refractivity contribution in [3.63, 3.8) is 0 Å². The zero-order valence-electron chi connectivity index (χ0n) is 10.5. The maximum atomic E-state index is 12.0. The standard InChI is InChI=1S/C13H16ClN3O/c1-9(2)16-13(18)17-7-6-15-12(17)10-4-3-5-11(14)8-10/h3-5,8-9H,6-7H2,1-2H3,(H,16,18). The first-order chi connectivity index (χ1) is 8.58. The highest BCUT2D eigenvalue weighted by molar-refractivity contribution is 6.31. The van der Waals surface area contributed by atoms with Gasteiger partial charge in [0.25, 0.3) is 0 Å². The van der Waals surface area contributed by atoms with Crippen LogP contribution in [0.2, 0.25) is 5.02 Å². The number of halogens is 1. The number of nitrogens with zero attached hydrogens (tertiary/aromatic N) is 2. The molecule has 0 aromatic heterocycles. The molecule has 0 spiro atoms. The number of hydrogen-bond donors (Lipinski definition) is 1. The summed E-state index contributed by atoms with van der Waals surface area (Å²) in [5.74, 6) is 0.690. The van der Waals surface area contributed by atoms with Crippen molar-refractivity contribution in [1.29, 1.82) is 0 Å². The van der Waals surface area contributed by atoms with Crippen LogP contribution in [0.5, 0.6) is 0 Å². The van der Waals surface area contributed by atoms with E-state index in [1.165, 1.54) is 0 Å². The maximum Gasteiger partial charge on any atom is 0.323 e. The van der Waals surface area contributed by atoms with E-state index in [1.807, 2.05) is 32.0 Å². The van der Waals surface area contributed by atoms with E-state index < -0.39 is 0 Å². The molecule has 0 fully saturated rings. The summed E-state index contributed by atoms with van der Waals surface area (Å²) < 4.78 is 0. The van der Waals surface area contributed by atoms with Crippen LogP contribution in [0, 0.1) is 0 Å². The van der Waals surface area contributed by atoms with Gasteiger partial charge in [-0.2, -0.15) is 0 Å². The molecule has 0 aliphatic carbocycles. The fourth-order valence-corrected chi connectivity index (χ4v) is 2.03. The first kappa shape index (κ1) is 12.9. The van der Waals surface area contributed by atoms with Crippen molar-refractivity contribution in [1.82, 2.24) is 10.2 Å². The molecule has 0 unspecified atom stereocenters. The van der Waals surface area contributed by atoms with Crippen LogP contribution in [-0.4, -0.2) is 35.9 Å². The van der Waals surface area contributed by atoms with Crippen molar-refractivity contribution in [2.45, 2.75) is 19.9 Å². The molecule has 96 valence electrons. The Morgan fingerprint density at radius 1 is 1.50 bits per heavy atom. The summed E-state index contributed by atoms with van der Waals surface area (Å²) in [5, 5.41) is 3.52. The zero-order chi connectivity index (χ0) is 13.1. The molecule has 18 heavy (non-hydrogen) atoms. The highest BCUT2D eigenvalue weighted by Crippen LogP contribution is 2.16. The number of nitrogens with one attached hydrogen (secondary N) is 1. The Bertz CT molecular complexity index is 485. The zero-order valence-corrected chi connectivity index (χ0v) is 11.2. The van der Waals surface area contributed by atoms with Crippen molar-refractivity contribution in [2.75, 3.05) is 13.1 Å². The van der Waals surface area contributed by atoms with Gasteiger partial charge in [-0.25, -0.2) is 4.79 Å². The first-order valence-corrected chi connectivity index (χ1v) is 6.34. The van der Waals surface area contributed by atoms with E-state index in [0.29, 0.717) is 23.9 Å². The van der Waals surface area contributed by atoms with Gasteiger partial charge in [0.05, 0.1) is 6.54 Å². The minimum Gasteiger partial charge on any atom is -0.335 e. The van der Waals surface area contributed by atoms with Crippen molar-refractivity contribution >= 4 is 23.5 Å². The molecule has 1 N–H and O–H groups in total. The van der Waals surface area contributed by atoms with Crippen LogP contribution in [0.25, 0.3) is 0 Å². The molecular weight excluding hydrogens is 250 g/mol. The van der Waals surface area contributed by atoms with Crippen LogP contribution in [-0.2, 0) is 0 Å². The molecule has 1 aliphatic heterocycles. The number of rotatable bonds is 2. The van der Waals surface area contributed by atoms with Crippen LogP contribution in [0.3, 0.4) is 0 Å². The second-order valence-corrected chi connectivity index (χ2v) is 4.91. The summed E-state index contributed by atoms with van der Waals surface area (Å²) in [7, 11) is 0. The van der Waals surface area contributed by atoms with Crippen molar-refractivity contribution in [3.8, 4) is 0 Å². The van der Waals surface area contributed by atoms with Gasteiger partial charge >= 0.3 is 6.03 Å². The molecule has 0 saturated heterocycles. The third-order valence-electron chi connectivity index (χ3n) is 2.58. The number of amides is 2. The Morgan fingerprint density at radius 3 is 2.94 bits per heavy atom. The first-order valence-electron chi connectivity index (χ1n) is 5.96. The highest BCUT2D eigenvalue weighted by atomic mass is 35.5. The molecular formula is C13H16ClN3O.